The fourth-order valence-electron chi connectivity index (χ4n) is 4.87. The molecule has 24 heavy (non-hydrogen) atoms. The molecule has 1 aromatic rings. The van der Waals surface area contributed by atoms with Crippen molar-refractivity contribution in [2.75, 3.05) is 26.2 Å². The van der Waals surface area contributed by atoms with Gasteiger partial charge in [-0.15, -0.1) is 0 Å². The van der Waals surface area contributed by atoms with Crippen LogP contribution in [0.1, 0.15) is 43.7 Å². The van der Waals surface area contributed by atoms with Crippen molar-refractivity contribution >= 4 is 11.6 Å². The Morgan fingerprint density at radius 1 is 1.21 bits per heavy atom. The molecule has 1 saturated carbocycles. The fourth-order valence-corrected chi connectivity index (χ4v) is 4.99. The molecule has 2 aliphatic heterocycles. The van der Waals surface area contributed by atoms with Crippen LogP contribution >= 0.6 is 11.6 Å². The summed E-state index contributed by atoms with van der Waals surface area (Å²) in [5.74, 6) is 1.01. The van der Waals surface area contributed by atoms with E-state index in [2.05, 4.69) is 27.9 Å². The highest BCUT2D eigenvalue weighted by atomic mass is 35.5. The third kappa shape index (κ3) is 3.35. The van der Waals surface area contributed by atoms with Crippen molar-refractivity contribution in [1.29, 1.82) is 0 Å². The number of nitrogens with zero attached hydrogens (tertiary/aromatic N) is 1. The second-order valence-corrected chi connectivity index (χ2v) is 8.31. The Hall–Kier alpha value is -0.650. The first kappa shape index (κ1) is 16.8. The van der Waals surface area contributed by atoms with Crippen LogP contribution in [0.5, 0.6) is 0 Å². The Kier molecular flexibility index (Phi) is 4.85. The molecule has 1 aromatic carbocycles. The van der Waals surface area contributed by atoms with E-state index >= 15 is 0 Å². The highest BCUT2D eigenvalue weighted by molar-refractivity contribution is 6.30. The number of hydrazine groups is 1. The van der Waals surface area contributed by atoms with Crippen molar-refractivity contribution in [3.05, 3.63) is 34.9 Å². The molecule has 2 heterocycles. The van der Waals surface area contributed by atoms with Gasteiger partial charge in [-0.2, -0.15) is 0 Å². The lowest BCUT2D eigenvalue weighted by molar-refractivity contribution is -0.0971. The average Bonchev–Trinajstić information content (AvgIpc) is 3.04. The quantitative estimate of drug-likeness (QED) is 0.785. The van der Waals surface area contributed by atoms with Crippen LogP contribution in [-0.4, -0.2) is 41.8 Å². The number of nitrogens with one attached hydrogen (secondary N) is 2. The molecule has 3 fully saturated rings. The van der Waals surface area contributed by atoms with Gasteiger partial charge in [0.05, 0.1) is 11.6 Å². The van der Waals surface area contributed by atoms with Gasteiger partial charge >= 0.3 is 0 Å². The second kappa shape index (κ2) is 6.93. The lowest BCUT2D eigenvalue weighted by Gasteiger charge is -2.48. The van der Waals surface area contributed by atoms with Crippen molar-refractivity contribution < 1.29 is 5.11 Å². The molecule has 2 saturated heterocycles. The second-order valence-electron chi connectivity index (χ2n) is 7.87. The summed E-state index contributed by atoms with van der Waals surface area (Å²) in [5, 5.41) is 11.6. The van der Waals surface area contributed by atoms with E-state index in [1.165, 1.54) is 24.8 Å². The standard InChI is InChI=1S/C19H28ClN3O/c20-17-6-4-14(5-7-17)18-15(11-21-22-18)12-23-10-9-19(24)8-2-1-3-16(19)13-23/h4-7,15-16,18,21-22,24H,1-3,8-13H2/t15?,16-,18?,19-/m0/s1. The van der Waals surface area contributed by atoms with E-state index in [9.17, 15) is 5.11 Å². The summed E-state index contributed by atoms with van der Waals surface area (Å²) < 4.78 is 0. The van der Waals surface area contributed by atoms with Crippen LogP contribution in [0.3, 0.4) is 0 Å². The van der Waals surface area contributed by atoms with Crippen molar-refractivity contribution in [3.8, 4) is 0 Å². The van der Waals surface area contributed by atoms with Crippen molar-refractivity contribution in [2.45, 2.75) is 43.7 Å². The van der Waals surface area contributed by atoms with Gasteiger partial charge in [0.1, 0.15) is 0 Å². The first-order chi connectivity index (χ1) is 11.6. The topological polar surface area (TPSA) is 47.5 Å². The van der Waals surface area contributed by atoms with Gasteiger partial charge in [0, 0.05) is 43.0 Å². The van der Waals surface area contributed by atoms with Gasteiger partial charge in [0.2, 0.25) is 0 Å². The van der Waals surface area contributed by atoms with Crippen LogP contribution in [-0.2, 0) is 0 Å². The van der Waals surface area contributed by atoms with Gasteiger partial charge in [0.15, 0.2) is 0 Å². The first-order valence-electron chi connectivity index (χ1n) is 9.33. The van der Waals surface area contributed by atoms with E-state index in [0.717, 1.165) is 44.0 Å². The minimum Gasteiger partial charge on any atom is -0.390 e. The zero-order chi connectivity index (χ0) is 16.6. The number of rotatable bonds is 3. The van der Waals surface area contributed by atoms with Crippen molar-refractivity contribution in [3.63, 3.8) is 0 Å². The average molecular weight is 350 g/mol. The molecule has 132 valence electrons. The molecule has 4 nitrogen and oxygen atoms in total. The molecule has 5 heteroatoms. The Labute approximate surface area is 149 Å². The van der Waals surface area contributed by atoms with Gasteiger partial charge in [-0.3, -0.25) is 5.43 Å². The Bertz CT molecular complexity index is 566. The van der Waals surface area contributed by atoms with Crippen LogP contribution in [0, 0.1) is 11.8 Å². The maximum Gasteiger partial charge on any atom is 0.0700 e. The van der Waals surface area contributed by atoms with E-state index < -0.39 is 0 Å². The van der Waals surface area contributed by atoms with E-state index in [4.69, 9.17) is 11.6 Å². The number of likely N-dealkylation sites (tertiary alicyclic amines) is 1. The number of fused-ring (bicyclic) bond motifs is 1. The first-order valence-corrected chi connectivity index (χ1v) is 9.70. The monoisotopic (exact) mass is 349 g/mol. The van der Waals surface area contributed by atoms with Gasteiger partial charge in [-0.05, 0) is 37.0 Å². The number of benzene rings is 1. The molecular weight excluding hydrogens is 322 g/mol. The molecule has 0 radical (unpaired) electrons. The van der Waals surface area contributed by atoms with Crippen LogP contribution in [0.25, 0.3) is 0 Å². The number of piperidine rings is 1. The summed E-state index contributed by atoms with van der Waals surface area (Å²) in [6.45, 7) is 4.15. The molecule has 0 spiro atoms. The van der Waals surface area contributed by atoms with Crippen molar-refractivity contribution in [1.82, 2.24) is 15.8 Å². The van der Waals surface area contributed by atoms with Crippen LogP contribution in [0.15, 0.2) is 24.3 Å². The largest absolute Gasteiger partial charge is 0.390 e. The van der Waals surface area contributed by atoms with Crippen LogP contribution in [0.2, 0.25) is 5.02 Å². The molecule has 0 aromatic heterocycles. The lowest BCUT2D eigenvalue weighted by atomic mass is 9.71. The zero-order valence-corrected chi connectivity index (χ0v) is 14.9. The van der Waals surface area contributed by atoms with Crippen molar-refractivity contribution in [2.24, 2.45) is 11.8 Å². The molecule has 2 unspecified atom stereocenters. The van der Waals surface area contributed by atoms with Gasteiger partial charge in [0.25, 0.3) is 0 Å². The highest BCUT2D eigenvalue weighted by Crippen LogP contribution is 2.40. The Morgan fingerprint density at radius 3 is 2.88 bits per heavy atom. The van der Waals surface area contributed by atoms with Crippen LogP contribution < -0.4 is 10.9 Å². The molecule has 0 bridgehead atoms. The summed E-state index contributed by atoms with van der Waals surface area (Å²) in [6.07, 6.45) is 5.61. The zero-order valence-electron chi connectivity index (χ0n) is 14.2. The number of hydrogen-bond acceptors (Lipinski definition) is 4. The molecule has 0 amide bonds. The molecule has 4 atom stereocenters. The third-order valence-electron chi connectivity index (χ3n) is 6.33. The van der Waals surface area contributed by atoms with Gasteiger partial charge < -0.3 is 10.0 Å². The molecule has 1 aliphatic carbocycles. The number of halogens is 1. The van der Waals surface area contributed by atoms with E-state index in [1.54, 1.807) is 0 Å². The molecule has 3 N–H and O–H groups in total. The molecule has 4 rings (SSSR count). The number of aliphatic hydroxyl groups is 1. The van der Waals surface area contributed by atoms with Gasteiger partial charge in [-0.25, -0.2) is 5.43 Å². The lowest BCUT2D eigenvalue weighted by Crippen LogP contribution is -2.54. The van der Waals surface area contributed by atoms with Gasteiger partial charge in [-0.1, -0.05) is 36.6 Å². The summed E-state index contributed by atoms with van der Waals surface area (Å²) in [5.41, 5.74) is 7.67. The molecule has 3 aliphatic rings. The smallest absolute Gasteiger partial charge is 0.0700 e. The van der Waals surface area contributed by atoms with Crippen LogP contribution in [0.4, 0.5) is 0 Å². The predicted octanol–water partition coefficient (Wildman–Crippen LogP) is 2.73. The predicted molar refractivity (Wildman–Crippen MR) is 96.8 cm³/mol. The maximum absolute atomic E-state index is 10.9. The van der Waals surface area contributed by atoms with E-state index in [-0.39, 0.29) is 5.60 Å². The molecular formula is C19H28ClN3O. The SMILES string of the molecule is O[C@]12CCCC[C@H]1CN(CC1CNNC1c1ccc(Cl)cc1)CC2. The Balaban J connectivity index is 1.40. The fraction of sp³-hybridized carbons (Fsp3) is 0.684. The highest BCUT2D eigenvalue weighted by Gasteiger charge is 2.43. The summed E-state index contributed by atoms with van der Waals surface area (Å²) in [6, 6.07) is 8.51. The minimum absolute atomic E-state index is 0.328. The van der Waals surface area contributed by atoms with E-state index in [0.29, 0.717) is 17.9 Å². The normalized spacial score (nSPS) is 37.3. The Morgan fingerprint density at radius 2 is 2.04 bits per heavy atom. The summed E-state index contributed by atoms with van der Waals surface area (Å²) in [4.78, 5) is 2.58. The summed E-state index contributed by atoms with van der Waals surface area (Å²) >= 11 is 6.02. The third-order valence-corrected chi connectivity index (χ3v) is 6.58. The number of hydrogen-bond donors (Lipinski definition) is 3. The maximum atomic E-state index is 10.9. The summed E-state index contributed by atoms with van der Waals surface area (Å²) in [7, 11) is 0. The minimum atomic E-state index is -0.378. The van der Waals surface area contributed by atoms with E-state index in [1.807, 2.05) is 12.1 Å².